The van der Waals surface area contributed by atoms with Crippen molar-refractivity contribution in [3.05, 3.63) is 75.4 Å². The van der Waals surface area contributed by atoms with Gasteiger partial charge in [-0.15, -0.1) is 5.10 Å². The number of hydrogen-bond donors (Lipinski definition) is 1. The molecule has 1 saturated heterocycles. The van der Waals surface area contributed by atoms with Crippen LogP contribution in [-0.2, 0) is 13.2 Å². The minimum atomic E-state index is -0.141. The Bertz CT molecular complexity index is 1300. The molecule has 0 bridgehead atoms. The molecule has 7 nitrogen and oxygen atoms in total. The van der Waals surface area contributed by atoms with Crippen molar-refractivity contribution in [1.82, 2.24) is 19.6 Å². The minimum absolute atomic E-state index is 0.141. The fourth-order valence-electron chi connectivity index (χ4n) is 4.00. The van der Waals surface area contributed by atoms with Gasteiger partial charge in [-0.05, 0) is 23.8 Å². The van der Waals surface area contributed by atoms with Crippen molar-refractivity contribution < 1.29 is 9.32 Å². The van der Waals surface area contributed by atoms with E-state index in [2.05, 4.69) is 10.2 Å². The van der Waals surface area contributed by atoms with Gasteiger partial charge in [0.2, 0.25) is 0 Å². The summed E-state index contributed by atoms with van der Waals surface area (Å²) in [5, 5.41) is 10.5. The molecule has 0 amide bonds. The molecular formula is C22H22N5O2S+. The Labute approximate surface area is 178 Å². The van der Waals surface area contributed by atoms with Crippen molar-refractivity contribution in [2.24, 2.45) is 0 Å². The minimum Gasteiger partial charge on any atom is -0.407 e. The molecule has 1 aliphatic rings. The number of hydrogen-bond acceptors (Lipinski definition) is 5. The highest BCUT2D eigenvalue weighted by Gasteiger charge is 2.21. The molecular weight excluding hydrogens is 398 g/mol. The summed E-state index contributed by atoms with van der Waals surface area (Å²) in [6.45, 7) is 3.29. The highest BCUT2D eigenvalue weighted by molar-refractivity contribution is 7.71. The second-order valence-corrected chi connectivity index (χ2v) is 7.98. The van der Waals surface area contributed by atoms with E-state index in [1.165, 1.54) is 22.4 Å². The lowest BCUT2D eigenvalue weighted by Crippen LogP contribution is -3.09. The van der Waals surface area contributed by atoms with E-state index in [1.807, 2.05) is 54.6 Å². The molecule has 1 N–H and O–H groups in total. The summed E-state index contributed by atoms with van der Waals surface area (Å²) in [7, 11) is 0. The first-order valence-corrected chi connectivity index (χ1v) is 10.6. The van der Waals surface area contributed by atoms with Gasteiger partial charge < -0.3 is 9.32 Å². The molecule has 2 aromatic heterocycles. The SMILES string of the molecule is O=c1c2ccccc2c(-c2nn(C[NH+]3CCCC3)c(=S)o2)nn1Cc1ccccc1. The topological polar surface area (TPSA) is 70.3 Å². The van der Waals surface area contributed by atoms with Gasteiger partial charge in [0.15, 0.2) is 12.4 Å². The number of likely N-dealkylation sites (tertiary alicyclic amines) is 1. The van der Waals surface area contributed by atoms with E-state index < -0.39 is 0 Å². The van der Waals surface area contributed by atoms with Crippen LogP contribution in [0.25, 0.3) is 22.4 Å². The van der Waals surface area contributed by atoms with Gasteiger partial charge in [0, 0.05) is 18.2 Å². The zero-order valence-corrected chi connectivity index (χ0v) is 17.3. The summed E-state index contributed by atoms with van der Waals surface area (Å²) in [5.41, 5.74) is 1.39. The van der Waals surface area contributed by atoms with Crippen LogP contribution in [0.4, 0.5) is 0 Å². The number of nitrogens with one attached hydrogen (secondary N) is 1. The highest BCUT2D eigenvalue weighted by Crippen LogP contribution is 2.23. The largest absolute Gasteiger partial charge is 0.407 e. The molecule has 152 valence electrons. The molecule has 4 aromatic rings. The van der Waals surface area contributed by atoms with Crippen LogP contribution < -0.4 is 10.5 Å². The van der Waals surface area contributed by atoms with E-state index in [0.29, 0.717) is 40.4 Å². The van der Waals surface area contributed by atoms with Gasteiger partial charge in [-0.1, -0.05) is 48.5 Å². The first kappa shape index (κ1) is 18.9. The third kappa shape index (κ3) is 3.59. The molecule has 2 aromatic carbocycles. The van der Waals surface area contributed by atoms with Gasteiger partial charge in [-0.25, -0.2) is 4.68 Å². The second-order valence-electron chi connectivity index (χ2n) is 7.63. The average molecular weight is 421 g/mol. The Balaban J connectivity index is 1.61. The summed E-state index contributed by atoms with van der Waals surface area (Å²) >= 11 is 5.42. The molecule has 0 spiro atoms. The normalized spacial score (nSPS) is 14.5. The summed E-state index contributed by atoms with van der Waals surface area (Å²) < 4.78 is 9.04. The third-order valence-electron chi connectivity index (χ3n) is 5.54. The lowest BCUT2D eigenvalue weighted by atomic mass is 10.1. The van der Waals surface area contributed by atoms with Gasteiger partial charge in [-0.2, -0.15) is 9.78 Å². The van der Waals surface area contributed by atoms with Crippen molar-refractivity contribution >= 4 is 23.0 Å². The summed E-state index contributed by atoms with van der Waals surface area (Å²) in [4.78, 5) is 14.8. The third-order valence-corrected chi connectivity index (χ3v) is 5.83. The van der Waals surface area contributed by atoms with E-state index in [0.717, 1.165) is 18.7 Å². The highest BCUT2D eigenvalue weighted by atomic mass is 32.1. The lowest BCUT2D eigenvalue weighted by molar-refractivity contribution is -0.911. The molecule has 8 heteroatoms. The molecule has 30 heavy (non-hydrogen) atoms. The monoisotopic (exact) mass is 420 g/mol. The van der Waals surface area contributed by atoms with Gasteiger partial charge in [0.05, 0.1) is 25.0 Å². The maximum absolute atomic E-state index is 13.0. The Kier molecular flexibility index (Phi) is 5.02. The van der Waals surface area contributed by atoms with Crippen molar-refractivity contribution in [3.63, 3.8) is 0 Å². The predicted molar refractivity (Wildman–Crippen MR) is 116 cm³/mol. The molecule has 3 heterocycles. The van der Waals surface area contributed by atoms with Crippen LogP contribution in [0.5, 0.6) is 0 Å². The van der Waals surface area contributed by atoms with Crippen LogP contribution in [0.1, 0.15) is 18.4 Å². The number of quaternary nitrogens is 1. The summed E-state index contributed by atoms with van der Waals surface area (Å²) in [6.07, 6.45) is 2.45. The van der Waals surface area contributed by atoms with Gasteiger partial charge in [-0.3, -0.25) is 4.79 Å². The van der Waals surface area contributed by atoms with Crippen LogP contribution in [0.3, 0.4) is 0 Å². The fraction of sp³-hybridized carbons (Fsp3) is 0.273. The van der Waals surface area contributed by atoms with E-state index in [9.17, 15) is 4.79 Å². The molecule has 0 unspecified atom stereocenters. The molecule has 0 aliphatic carbocycles. The zero-order valence-electron chi connectivity index (χ0n) is 16.5. The number of fused-ring (bicyclic) bond motifs is 1. The Morgan fingerprint density at radius 2 is 1.63 bits per heavy atom. The van der Waals surface area contributed by atoms with Crippen LogP contribution >= 0.6 is 12.2 Å². The van der Waals surface area contributed by atoms with Crippen LogP contribution in [0, 0.1) is 4.84 Å². The summed E-state index contributed by atoms with van der Waals surface area (Å²) in [6, 6.07) is 17.2. The van der Waals surface area contributed by atoms with Gasteiger partial charge in [0.1, 0.15) is 0 Å². The van der Waals surface area contributed by atoms with E-state index in [-0.39, 0.29) is 5.56 Å². The predicted octanol–water partition coefficient (Wildman–Crippen LogP) is 2.27. The standard InChI is InChI=1S/C22H21N5O2S/c28-21-18-11-5-4-10-17(18)19(23-26(21)14-16-8-2-1-3-9-16)20-24-27(22(30)29-20)15-25-12-6-7-13-25/h1-5,8-11H,6-7,12-15H2/p+1. The van der Waals surface area contributed by atoms with Crippen LogP contribution in [0.15, 0.2) is 63.8 Å². The van der Waals surface area contributed by atoms with Crippen molar-refractivity contribution in [2.45, 2.75) is 26.1 Å². The van der Waals surface area contributed by atoms with Crippen LogP contribution in [0.2, 0.25) is 0 Å². The Morgan fingerprint density at radius 3 is 2.40 bits per heavy atom. The molecule has 1 aliphatic heterocycles. The molecule has 1 fully saturated rings. The quantitative estimate of drug-likeness (QED) is 0.502. The first-order valence-electron chi connectivity index (χ1n) is 10.1. The first-order chi connectivity index (χ1) is 14.7. The lowest BCUT2D eigenvalue weighted by Gasteiger charge is -2.10. The number of aromatic nitrogens is 4. The number of rotatable bonds is 5. The summed E-state index contributed by atoms with van der Waals surface area (Å²) in [5.74, 6) is 0.344. The van der Waals surface area contributed by atoms with E-state index >= 15 is 0 Å². The molecule has 5 rings (SSSR count). The Morgan fingerprint density at radius 1 is 0.933 bits per heavy atom. The molecule has 0 atom stereocenters. The molecule has 0 radical (unpaired) electrons. The number of benzene rings is 2. The van der Waals surface area contributed by atoms with Crippen LogP contribution in [-0.4, -0.2) is 32.7 Å². The van der Waals surface area contributed by atoms with Gasteiger partial charge in [0.25, 0.3) is 16.3 Å². The van der Waals surface area contributed by atoms with E-state index in [4.69, 9.17) is 16.6 Å². The van der Waals surface area contributed by atoms with Gasteiger partial charge >= 0.3 is 0 Å². The van der Waals surface area contributed by atoms with E-state index in [1.54, 1.807) is 4.68 Å². The number of nitrogens with zero attached hydrogens (tertiary/aromatic N) is 4. The second kappa shape index (κ2) is 7.97. The maximum Gasteiger partial charge on any atom is 0.292 e. The van der Waals surface area contributed by atoms with Crippen molar-refractivity contribution in [3.8, 4) is 11.6 Å². The average Bonchev–Trinajstić information content (AvgIpc) is 3.41. The molecule has 0 saturated carbocycles. The van der Waals surface area contributed by atoms with Crippen molar-refractivity contribution in [2.75, 3.05) is 13.1 Å². The maximum atomic E-state index is 13.0. The fourth-order valence-corrected chi connectivity index (χ4v) is 4.19. The smallest absolute Gasteiger partial charge is 0.292 e. The van der Waals surface area contributed by atoms with Crippen molar-refractivity contribution in [1.29, 1.82) is 0 Å². The Hall–Kier alpha value is -3.10. The zero-order chi connectivity index (χ0) is 20.5.